The number of nitrogens with zero attached hydrogens (tertiary/aromatic N) is 4. The molecule has 0 aliphatic carbocycles. The van der Waals surface area contributed by atoms with Gasteiger partial charge in [-0.3, -0.25) is 4.98 Å². The summed E-state index contributed by atoms with van der Waals surface area (Å²) in [5, 5.41) is 1.19. The number of aryl methyl sites for hydroxylation is 3. The third kappa shape index (κ3) is 1.56. The SMILES string of the molecule is Cc1ccnc2c3ccccc3n(-c3n(C)cc[n+]3C)c12. The van der Waals surface area contributed by atoms with Crippen molar-refractivity contribution >= 4 is 21.9 Å². The molecule has 4 rings (SSSR count). The van der Waals surface area contributed by atoms with Crippen LogP contribution in [0.3, 0.4) is 0 Å². The zero-order chi connectivity index (χ0) is 14.6. The van der Waals surface area contributed by atoms with Crippen LogP contribution >= 0.6 is 0 Å². The highest BCUT2D eigenvalue weighted by Crippen LogP contribution is 2.31. The van der Waals surface area contributed by atoms with Gasteiger partial charge in [0.2, 0.25) is 0 Å². The lowest BCUT2D eigenvalue weighted by molar-refractivity contribution is -0.664. The van der Waals surface area contributed by atoms with Gasteiger partial charge >= 0.3 is 5.95 Å². The number of para-hydroxylation sites is 1. The zero-order valence-electron chi connectivity index (χ0n) is 12.4. The summed E-state index contributed by atoms with van der Waals surface area (Å²) >= 11 is 0. The molecule has 0 bridgehead atoms. The third-order valence-corrected chi connectivity index (χ3v) is 4.09. The van der Waals surface area contributed by atoms with E-state index < -0.39 is 0 Å². The maximum Gasteiger partial charge on any atom is 0.369 e. The largest absolute Gasteiger partial charge is 0.369 e. The molecule has 0 N–H and O–H groups in total. The fourth-order valence-corrected chi connectivity index (χ4v) is 3.12. The molecule has 0 saturated heterocycles. The minimum Gasteiger partial charge on any atom is -0.252 e. The van der Waals surface area contributed by atoms with Gasteiger partial charge in [0.25, 0.3) is 0 Å². The van der Waals surface area contributed by atoms with E-state index in [1.165, 1.54) is 22.0 Å². The van der Waals surface area contributed by atoms with Crippen LogP contribution in [0.4, 0.5) is 0 Å². The normalized spacial score (nSPS) is 11.6. The molecule has 104 valence electrons. The molecular weight excluding hydrogens is 260 g/mol. The smallest absolute Gasteiger partial charge is 0.252 e. The molecule has 0 saturated carbocycles. The fraction of sp³-hybridized carbons (Fsp3) is 0.176. The molecule has 4 nitrogen and oxygen atoms in total. The van der Waals surface area contributed by atoms with Crippen LogP contribution in [0.1, 0.15) is 5.56 Å². The van der Waals surface area contributed by atoms with Crippen LogP contribution in [0.2, 0.25) is 0 Å². The van der Waals surface area contributed by atoms with E-state index in [2.05, 4.69) is 82.4 Å². The van der Waals surface area contributed by atoms with Crippen molar-refractivity contribution < 1.29 is 4.57 Å². The van der Waals surface area contributed by atoms with E-state index in [-0.39, 0.29) is 0 Å². The van der Waals surface area contributed by atoms with E-state index >= 15 is 0 Å². The topological polar surface area (TPSA) is 26.6 Å². The second-order valence-corrected chi connectivity index (χ2v) is 5.50. The van der Waals surface area contributed by atoms with Crippen molar-refractivity contribution in [2.45, 2.75) is 6.92 Å². The average molecular weight is 277 g/mol. The number of fused-ring (bicyclic) bond motifs is 3. The van der Waals surface area contributed by atoms with Gasteiger partial charge in [0.15, 0.2) is 0 Å². The van der Waals surface area contributed by atoms with Gasteiger partial charge in [-0.15, -0.1) is 0 Å². The molecule has 0 atom stereocenters. The van der Waals surface area contributed by atoms with Gasteiger partial charge < -0.3 is 0 Å². The molecule has 3 heterocycles. The molecule has 0 amide bonds. The monoisotopic (exact) mass is 277 g/mol. The van der Waals surface area contributed by atoms with Crippen molar-refractivity contribution in [1.29, 1.82) is 0 Å². The lowest BCUT2D eigenvalue weighted by Gasteiger charge is -2.03. The molecule has 0 aliphatic rings. The summed E-state index contributed by atoms with van der Waals surface area (Å²) < 4.78 is 6.57. The summed E-state index contributed by atoms with van der Waals surface area (Å²) in [5.74, 6) is 1.12. The maximum absolute atomic E-state index is 4.62. The van der Waals surface area contributed by atoms with Crippen molar-refractivity contribution in [3.63, 3.8) is 0 Å². The molecule has 21 heavy (non-hydrogen) atoms. The van der Waals surface area contributed by atoms with Crippen molar-refractivity contribution in [2.24, 2.45) is 14.1 Å². The first-order valence-corrected chi connectivity index (χ1v) is 7.04. The number of benzene rings is 1. The molecule has 1 aromatic carbocycles. The van der Waals surface area contributed by atoms with Gasteiger partial charge in [-0.2, -0.15) is 4.57 Å². The maximum atomic E-state index is 4.62. The lowest BCUT2D eigenvalue weighted by Crippen LogP contribution is -2.32. The molecule has 4 heteroatoms. The van der Waals surface area contributed by atoms with Gasteiger partial charge in [0.05, 0.1) is 26.5 Å². The van der Waals surface area contributed by atoms with E-state index in [1.54, 1.807) is 0 Å². The number of imidazole rings is 1. The van der Waals surface area contributed by atoms with Crippen LogP contribution in [-0.2, 0) is 14.1 Å². The van der Waals surface area contributed by atoms with E-state index in [0.717, 1.165) is 11.5 Å². The molecular formula is C17H17N4+. The van der Waals surface area contributed by atoms with Gasteiger partial charge in [0.1, 0.15) is 16.6 Å². The van der Waals surface area contributed by atoms with Gasteiger partial charge in [-0.25, -0.2) is 9.13 Å². The van der Waals surface area contributed by atoms with Crippen molar-refractivity contribution in [1.82, 2.24) is 14.1 Å². The summed E-state index contributed by atoms with van der Waals surface area (Å²) in [6.45, 7) is 2.14. The van der Waals surface area contributed by atoms with Crippen LogP contribution in [0.15, 0.2) is 48.9 Å². The Morgan fingerprint density at radius 2 is 1.95 bits per heavy atom. The highest BCUT2D eigenvalue weighted by atomic mass is 15.3. The average Bonchev–Trinajstić information content (AvgIpc) is 2.98. The summed E-state index contributed by atoms with van der Waals surface area (Å²) in [4.78, 5) is 4.62. The van der Waals surface area contributed by atoms with Crippen molar-refractivity contribution in [3.05, 3.63) is 54.5 Å². The Morgan fingerprint density at radius 3 is 2.71 bits per heavy atom. The number of hydrogen-bond donors (Lipinski definition) is 0. The van der Waals surface area contributed by atoms with E-state index in [9.17, 15) is 0 Å². The van der Waals surface area contributed by atoms with E-state index in [4.69, 9.17) is 0 Å². The number of aromatic nitrogens is 4. The van der Waals surface area contributed by atoms with Gasteiger partial charge in [-0.05, 0) is 30.7 Å². The van der Waals surface area contributed by atoms with Crippen LogP contribution in [0.25, 0.3) is 27.9 Å². The molecule has 0 spiro atoms. The summed E-state index contributed by atoms with van der Waals surface area (Å²) in [6, 6.07) is 10.5. The summed E-state index contributed by atoms with van der Waals surface area (Å²) in [5.41, 5.74) is 4.66. The van der Waals surface area contributed by atoms with Crippen LogP contribution < -0.4 is 4.57 Å². The van der Waals surface area contributed by atoms with Crippen LogP contribution in [0.5, 0.6) is 0 Å². The molecule has 3 aromatic heterocycles. The second-order valence-electron chi connectivity index (χ2n) is 5.50. The molecule has 0 radical (unpaired) electrons. The fourth-order valence-electron chi connectivity index (χ4n) is 3.12. The van der Waals surface area contributed by atoms with Gasteiger partial charge in [-0.1, -0.05) is 12.1 Å². The first-order chi connectivity index (χ1) is 10.2. The highest BCUT2D eigenvalue weighted by molar-refractivity contribution is 6.07. The molecule has 0 aliphatic heterocycles. The first-order valence-electron chi connectivity index (χ1n) is 7.04. The Hall–Kier alpha value is -2.62. The first kappa shape index (κ1) is 12.1. The van der Waals surface area contributed by atoms with Gasteiger partial charge in [0, 0.05) is 11.6 Å². The molecule has 0 fully saturated rings. The van der Waals surface area contributed by atoms with E-state index in [0.29, 0.717) is 0 Å². The summed E-state index contributed by atoms with van der Waals surface area (Å²) in [7, 11) is 4.14. The number of hydrogen-bond acceptors (Lipinski definition) is 1. The number of pyridine rings is 1. The Bertz CT molecular complexity index is 956. The summed E-state index contributed by atoms with van der Waals surface area (Å²) in [6.07, 6.45) is 6.03. The molecule has 4 aromatic rings. The Morgan fingerprint density at radius 1 is 1.14 bits per heavy atom. The van der Waals surface area contributed by atoms with Crippen molar-refractivity contribution in [3.8, 4) is 5.95 Å². The molecule has 0 unspecified atom stereocenters. The quantitative estimate of drug-likeness (QED) is 0.491. The minimum atomic E-state index is 1.06. The van der Waals surface area contributed by atoms with Crippen molar-refractivity contribution in [2.75, 3.05) is 0 Å². The Labute approximate surface area is 122 Å². The third-order valence-electron chi connectivity index (χ3n) is 4.09. The van der Waals surface area contributed by atoms with Crippen LogP contribution in [-0.4, -0.2) is 14.1 Å². The zero-order valence-corrected chi connectivity index (χ0v) is 12.4. The minimum absolute atomic E-state index is 1.06. The standard InChI is InChI=1S/C17H17N4/c1-12-8-9-18-15-13-6-4-5-7-14(13)21(16(12)15)17-19(2)10-11-20(17)3/h4-11H,1-3H3/q+1. The predicted octanol–water partition coefficient (Wildman–Crippen LogP) is 2.65. The Kier molecular flexibility index (Phi) is 2.42. The Balaban J connectivity index is 2.31. The van der Waals surface area contributed by atoms with Crippen LogP contribution in [0, 0.1) is 6.92 Å². The lowest BCUT2D eigenvalue weighted by atomic mass is 10.2. The van der Waals surface area contributed by atoms with E-state index in [1.807, 2.05) is 6.20 Å². The highest BCUT2D eigenvalue weighted by Gasteiger charge is 2.23. The number of rotatable bonds is 1. The second kappa shape index (κ2) is 4.19. The predicted molar refractivity (Wildman–Crippen MR) is 83.5 cm³/mol.